The second-order valence-electron chi connectivity index (χ2n) is 10.7. The average Bonchev–Trinajstić information content (AvgIpc) is 3.64. The number of nitrogens with zero attached hydrogens (tertiary/aromatic N) is 6. The van der Waals surface area contributed by atoms with Crippen molar-refractivity contribution in [3.63, 3.8) is 0 Å². The second kappa shape index (κ2) is 10.4. The Labute approximate surface area is 237 Å². The number of anilines is 1. The molecule has 0 spiro atoms. The summed E-state index contributed by atoms with van der Waals surface area (Å²) >= 11 is 0. The lowest BCUT2D eigenvalue weighted by Crippen LogP contribution is -2.49. The van der Waals surface area contributed by atoms with Gasteiger partial charge in [0, 0.05) is 48.9 Å². The van der Waals surface area contributed by atoms with Crippen molar-refractivity contribution < 1.29 is 9.47 Å². The molecule has 1 fully saturated rings. The Morgan fingerprint density at radius 2 is 1.71 bits per heavy atom. The highest BCUT2D eigenvalue weighted by Crippen LogP contribution is 2.36. The smallest absolute Gasteiger partial charge is 0.253 e. The van der Waals surface area contributed by atoms with Crippen molar-refractivity contribution in [1.29, 1.82) is 0 Å². The molecule has 0 unspecified atom stereocenters. The maximum absolute atomic E-state index is 13.7. The largest absolute Gasteiger partial charge is 0.454 e. The minimum absolute atomic E-state index is 0.171. The number of tetrazole rings is 1. The first-order valence-electron chi connectivity index (χ1n) is 13.9. The molecule has 2 aliphatic heterocycles. The van der Waals surface area contributed by atoms with Crippen LogP contribution in [0.25, 0.3) is 10.9 Å². The molecule has 10 heteroatoms. The first-order chi connectivity index (χ1) is 20.0. The highest BCUT2D eigenvalue weighted by Gasteiger charge is 2.33. The van der Waals surface area contributed by atoms with E-state index in [4.69, 9.17) is 9.47 Å². The van der Waals surface area contributed by atoms with Gasteiger partial charge in [0.1, 0.15) is 6.04 Å². The summed E-state index contributed by atoms with van der Waals surface area (Å²) in [6.07, 6.45) is 0. The quantitative estimate of drug-likeness (QED) is 0.341. The molecule has 0 bridgehead atoms. The molecule has 1 N–H and O–H groups in total. The number of rotatable bonds is 6. The number of hydrogen-bond donors (Lipinski definition) is 1. The van der Waals surface area contributed by atoms with Crippen molar-refractivity contribution in [1.82, 2.24) is 30.1 Å². The normalized spacial score (nSPS) is 15.9. The molecule has 0 aliphatic carbocycles. The predicted molar refractivity (Wildman–Crippen MR) is 156 cm³/mol. The second-order valence-corrected chi connectivity index (χ2v) is 10.7. The number of aromatic nitrogens is 5. The van der Waals surface area contributed by atoms with Crippen molar-refractivity contribution in [3.05, 3.63) is 105 Å². The molecule has 0 saturated carbocycles. The number of aromatic amines is 1. The van der Waals surface area contributed by atoms with Gasteiger partial charge in [0.15, 0.2) is 17.3 Å². The van der Waals surface area contributed by atoms with Crippen molar-refractivity contribution >= 4 is 16.6 Å². The van der Waals surface area contributed by atoms with Crippen LogP contribution in [0.1, 0.15) is 34.1 Å². The Morgan fingerprint density at radius 3 is 2.51 bits per heavy atom. The SMILES string of the molecule is Cc1cccc(N2CCN([C@@H](c3cc4cc5c(cc4[nH]c3=O)OCO5)c3nnnn3Cc3ccccc3)CC2)c1C. The van der Waals surface area contributed by atoms with Gasteiger partial charge in [-0.1, -0.05) is 42.5 Å². The minimum Gasteiger partial charge on any atom is -0.454 e. The topological polar surface area (TPSA) is 101 Å². The van der Waals surface area contributed by atoms with Crippen LogP contribution in [-0.2, 0) is 6.54 Å². The number of piperazine rings is 1. The number of nitrogens with one attached hydrogen (secondary N) is 1. The van der Waals surface area contributed by atoms with E-state index in [9.17, 15) is 4.79 Å². The first-order valence-corrected chi connectivity index (χ1v) is 13.9. The van der Waals surface area contributed by atoms with Crippen LogP contribution in [0.4, 0.5) is 5.69 Å². The summed E-state index contributed by atoms with van der Waals surface area (Å²) in [4.78, 5) is 21.5. The first kappa shape index (κ1) is 25.3. The van der Waals surface area contributed by atoms with Gasteiger partial charge in [-0.3, -0.25) is 9.69 Å². The summed E-state index contributed by atoms with van der Waals surface area (Å²) in [5.41, 5.74) is 6.05. The van der Waals surface area contributed by atoms with Crippen LogP contribution in [0, 0.1) is 13.8 Å². The Balaban J connectivity index is 1.28. The van der Waals surface area contributed by atoms with E-state index in [0.717, 1.165) is 37.1 Å². The van der Waals surface area contributed by atoms with Crippen LogP contribution in [0.15, 0.2) is 71.5 Å². The number of benzene rings is 3. The van der Waals surface area contributed by atoms with Gasteiger partial charge in [-0.2, -0.15) is 0 Å². The summed E-state index contributed by atoms with van der Waals surface area (Å²) in [7, 11) is 0. The molecule has 208 valence electrons. The fourth-order valence-electron chi connectivity index (χ4n) is 5.89. The molecule has 7 rings (SSSR count). The lowest BCUT2D eigenvalue weighted by Gasteiger charge is -2.40. The highest BCUT2D eigenvalue weighted by atomic mass is 16.7. The van der Waals surface area contributed by atoms with Crippen LogP contribution in [0.3, 0.4) is 0 Å². The van der Waals surface area contributed by atoms with E-state index in [1.165, 1.54) is 16.8 Å². The van der Waals surface area contributed by atoms with Gasteiger partial charge < -0.3 is 19.4 Å². The fraction of sp³-hybridized carbons (Fsp3) is 0.290. The average molecular weight is 550 g/mol. The molecule has 2 aliphatic rings. The van der Waals surface area contributed by atoms with Gasteiger partial charge in [0.25, 0.3) is 5.56 Å². The molecule has 3 aromatic carbocycles. The van der Waals surface area contributed by atoms with Crippen molar-refractivity contribution in [2.24, 2.45) is 0 Å². The third-order valence-electron chi connectivity index (χ3n) is 8.24. The van der Waals surface area contributed by atoms with Gasteiger partial charge in [0.05, 0.1) is 12.1 Å². The summed E-state index contributed by atoms with van der Waals surface area (Å²) in [6, 6.07) is 21.8. The number of ether oxygens (including phenoxy) is 2. The Morgan fingerprint density at radius 1 is 0.927 bits per heavy atom. The maximum atomic E-state index is 13.7. The number of H-pyrrole nitrogens is 1. The van der Waals surface area contributed by atoms with E-state index in [0.29, 0.717) is 34.9 Å². The van der Waals surface area contributed by atoms with E-state index >= 15 is 0 Å². The van der Waals surface area contributed by atoms with E-state index < -0.39 is 6.04 Å². The number of pyridine rings is 1. The van der Waals surface area contributed by atoms with Crippen LogP contribution in [0.5, 0.6) is 11.5 Å². The Hall–Kier alpha value is -4.70. The Bertz CT molecular complexity index is 1770. The molecular weight excluding hydrogens is 518 g/mol. The summed E-state index contributed by atoms with van der Waals surface area (Å²) in [6.45, 7) is 8.14. The van der Waals surface area contributed by atoms with Gasteiger partial charge in [0.2, 0.25) is 6.79 Å². The molecular formula is C31H31N7O3. The zero-order valence-corrected chi connectivity index (χ0v) is 23.1. The molecule has 1 atom stereocenters. The lowest BCUT2D eigenvalue weighted by atomic mass is 10.0. The molecule has 5 aromatic rings. The van der Waals surface area contributed by atoms with Gasteiger partial charge in [-0.25, -0.2) is 4.68 Å². The van der Waals surface area contributed by atoms with E-state index in [1.807, 2.05) is 36.4 Å². The third-order valence-corrected chi connectivity index (χ3v) is 8.24. The van der Waals surface area contributed by atoms with Crippen molar-refractivity contribution in [3.8, 4) is 11.5 Å². The minimum atomic E-state index is -0.437. The van der Waals surface area contributed by atoms with Crippen molar-refractivity contribution in [2.45, 2.75) is 26.4 Å². The fourth-order valence-corrected chi connectivity index (χ4v) is 5.89. The molecule has 0 radical (unpaired) electrons. The highest BCUT2D eigenvalue weighted by molar-refractivity contribution is 5.83. The third kappa shape index (κ3) is 4.70. The van der Waals surface area contributed by atoms with Crippen LogP contribution in [0.2, 0.25) is 0 Å². The van der Waals surface area contributed by atoms with Crippen molar-refractivity contribution in [2.75, 3.05) is 37.9 Å². The molecule has 1 saturated heterocycles. The molecule has 10 nitrogen and oxygen atoms in total. The molecule has 0 amide bonds. The maximum Gasteiger partial charge on any atom is 0.253 e. The number of aryl methyl sites for hydroxylation is 1. The van der Waals surface area contributed by atoms with E-state index in [-0.39, 0.29) is 12.4 Å². The monoisotopic (exact) mass is 549 g/mol. The number of fused-ring (bicyclic) bond motifs is 2. The summed E-state index contributed by atoms with van der Waals surface area (Å²) < 4.78 is 12.9. The lowest BCUT2D eigenvalue weighted by molar-refractivity contribution is 0.174. The molecule has 2 aromatic heterocycles. The van der Waals surface area contributed by atoms with Gasteiger partial charge in [-0.05, 0) is 59.2 Å². The van der Waals surface area contributed by atoms with Crippen LogP contribution < -0.4 is 19.9 Å². The predicted octanol–water partition coefficient (Wildman–Crippen LogP) is 3.82. The number of hydrogen-bond acceptors (Lipinski definition) is 8. The summed E-state index contributed by atoms with van der Waals surface area (Å²) in [5, 5.41) is 13.8. The zero-order chi connectivity index (χ0) is 27.9. The van der Waals surface area contributed by atoms with Crippen LogP contribution in [-0.4, -0.2) is 63.1 Å². The standard InChI is InChI=1S/C31H31N7O3/c1-20-7-6-10-26(21(20)2)36-11-13-37(14-12-36)29(30-33-34-35-38(30)18-22-8-4-3-5-9-22)24-15-23-16-27-28(41-19-40-27)17-25(23)32-31(24)39/h3-10,15-17,29H,11-14,18-19H2,1-2H3,(H,32,39)/t29-/m0/s1. The van der Waals surface area contributed by atoms with E-state index in [1.54, 1.807) is 4.68 Å². The van der Waals surface area contributed by atoms with Crippen LogP contribution >= 0.6 is 0 Å². The Kier molecular flexibility index (Phi) is 6.39. The van der Waals surface area contributed by atoms with E-state index in [2.05, 4.69) is 74.5 Å². The molecule has 41 heavy (non-hydrogen) atoms. The van der Waals surface area contributed by atoms with Gasteiger partial charge >= 0.3 is 0 Å². The zero-order valence-electron chi connectivity index (χ0n) is 23.1. The molecule has 4 heterocycles. The summed E-state index contributed by atoms with van der Waals surface area (Å²) in [5.74, 6) is 1.94. The van der Waals surface area contributed by atoms with Gasteiger partial charge in [-0.15, -0.1) is 5.10 Å².